The van der Waals surface area contributed by atoms with Gasteiger partial charge in [-0.25, -0.2) is 14.4 Å². The van der Waals surface area contributed by atoms with Gasteiger partial charge < -0.3 is 85.2 Å². The number of phenolic OH excluding ortho intramolecular Hbond substituents is 1. The number of phenols is 1. The smallest absolute Gasteiger partial charge is 0.351 e. The molecular formula is C30H36N2O19. The zero-order chi connectivity index (χ0) is 37.5. The van der Waals surface area contributed by atoms with E-state index in [1.807, 2.05) is 0 Å². The fraction of sp³-hybridized carbons (Fsp3) is 0.533. The van der Waals surface area contributed by atoms with E-state index in [1.165, 1.54) is 18.2 Å². The molecule has 2 fully saturated rings. The summed E-state index contributed by atoms with van der Waals surface area (Å²) in [6, 6.07) is -0.110. The van der Waals surface area contributed by atoms with Crippen molar-refractivity contribution in [2.75, 3.05) is 13.2 Å². The van der Waals surface area contributed by atoms with Crippen LogP contribution in [0.4, 0.5) is 5.69 Å². The first-order valence-electron chi connectivity index (χ1n) is 15.5. The topological polar surface area (TPSA) is 347 Å². The largest absolute Gasteiger partial charge is 0.544 e. The predicted molar refractivity (Wildman–Crippen MR) is 157 cm³/mol. The molecule has 5 rings (SSSR count). The molecule has 1 unspecified atom stereocenters. The number of carbonyl (C=O) groups is 4. The molecule has 2 saturated heterocycles. The van der Waals surface area contributed by atoms with Crippen molar-refractivity contribution in [3.63, 3.8) is 0 Å². The number of allylic oxidation sites excluding steroid dienone is 1. The van der Waals surface area contributed by atoms with E-state index in [-0.39, 0.29) is 41.4 Å². The Morgan fingerprint density at radius 2 is 1.63 bits per heavy atom. The first-order chi connectivity index (χ1) is 24.0. The Hall–Kier alpha value is -4.42. The van der Waals surface area contributed by atoms with E-state index >= 15 is 0 Å². The molecule has 4 aliphatic rings. The number of rotatable bonds is 11. The average molecular weight is 729 g/mol. The van der Waals surface area contributed by atoms with Crippen LogP contribution in [0.5, 0.6) is 11.5 Å². The van der Waals surface area contributed by atoms with Crippen molar-refractivity contribution >= 4 is 29.6 Å². The number of hydrogen-bond donors (Lipinski definition) is 12. The highest BCUT2D eigenvalue weighted by Crippen LogP contribution is 2.37. The Labute approximate surface area is 286 Å². The minimum Gasteiger partial charge on any atom is -0.544 e. The second kappa shape index (κ2) is 15.1. The van der Waals surface area contributed by atoms with Gasteiger partial charge in [-0.3, -0.25) is 4.90 Å². The fourth-order valence-electron chi connectivity index (χ4n) is 6.34. The first-order valence-corrected chi connectivity index (χ1v) is 15.5. The van der Waals surface area contributed by atoms with Crippen LogP contribution in [0.1, 0.15) is 12.0 Å². The summed E-state index contributed by atoms with van der Waals surface area (Å²) < 4.78 is 21.9. The van der Waals surface area contributed by atoms with Crippen molar-refractivity contribution in [3.8, 4) is 11.5 Å². The highest BCUT2D eigenvalue weighted by Gasteiger charge is 2.53. The number of aliphatic hydroxyl groups is 6. The SMILES string of the molecule is O=C(O)C1=CC(=CC[NH+]2c3cc(O)c(O[C@H]4O[C@H](CO)[C@@H](O)[C@@H](O)[C@@H]4O[C@H]4O[C@H](C(=O)O)[C@H](O)[C@@H](O)[C@@H]4O)cc3C[C@@H]2C(=O)[O-])C[C@H](C(=O)O)N1. The summed E-state index contributed by atoms with van der Waals surface area (Å²) in [4.78, 5) is 47.0. The molecule has 0 aliphatic carbocycles. The van der Waals surface area contributed by atoms with Gasteiger partial charge >= 0.3 is 17.9 Å². The Morgan fingerprint density at radius 1 is 0.922 bits per heavy atom. The highest BCUT2D eigenvalue weighted by atomic mass is 16.8. The minimum atomic E-state index is -2.09. The van der Waals surface area contributed by atoms with Crippen molar-refractivity contribution < 1.29 is 99.2 Å². The molecule has 51 heavy (non-hydrogen) atoms. The molecule has 0 amide bonds. The van der Waals surface area contributed by atoms with Crippen molar-refractivity contribution in [1.29, 1.82) is 0 Å². The second-order valence-electron chi connectivity index (χ2n) is 12.3. The summed E-state index contributed by atoms with van der Waals surface area (Å²) in [6.45, 7) is -0.967. The quantitative estimate of drug-likeness (QED) is 0.101. The van der Waals surface area contributed by atoms with Crippen LogP contribution in [-0.4, -0.2) is 162 Å². The van der Waals surface area contributed by atoms with Crippen LogP contribution >= 0.6 is 0 Å². The van der Waals surface area contributed by atoms with Crippen LogP contribution < -0.4 is 20.1 Å². The maximum atomic E-state index is 12.2. The molecule has 0 bridgehead atoms. The fourth-order valence-corrected chi connectivity index (χ4v) is 6.34. The summed E-state index contributed by atoms with van der Waals surface area (Å²) in [6.07, 6.45) is -17.0. The summed E-state index contributed by atoms with van der Waals surface area (Å²) in [5.41, 5.74) is 0.482. The minimum absolute atomic E-state index is 0.109. The van der Waals surface area contributed by atoms with Crippen LogP contribution in [0.25, 0.3) is 0 Å². The molecule has 1 aromatic carbocycles. The zero-order valence-corrected chi connectivity index (χ0v) is 26.2. The van der Waals surface area contributed by atoms with Gasteiger partial charge in [-0.05, 0) is 23.8 Å². The number of aliphatic hydroxyl groups excluding tert-OH is 6. The van der Waals surface area contributed by atoms with E-state index in [9.17, 15) is 75.3 Å². The van der Waals surface area contributed by atoms with Crippen molar-refractivity contribution in [2.24, 2.45) is 0 Å². The molecule has 0 saturated carbocycles. The number of carboxylic acid groups (broad SMARTS) is 4. The molecule has 12 N–H and O–H groups in total. The molecule has 0 aromatic heterocycles. The normalized spacial score (nSPS) is 37.2. The van der Waals surface area contributed by atoms with Crippen LogP contribution in [0, 0.1) is 0 Å². The molecule has 280 valence electrons. The summed E-state index contributed by atoms with van der Waals surface area (Å²) in [7, 11) is 0. The Kier molecular flexibility index (Phi) is 11.2. The number of hydrogen-bond acceptors (Lipinski definition) is 17. The van der Waals surface area contributed by atoms with Gasteiger partial charge in [0.15, 0.2) is 30.0 Å². The zero-order valence-electron chi connectivity index (χ0n) is 26.2. The standard InChI is InChI=1S/C30H36N2O19/c33-8-17-18(35)20(37)24(51-29-22(39)19(36)21(38)23(50-29)28(46)47)30(49-17)48-16-6-10-5-14(27(44)45)32(13(10)7-15(16)34)2-1-9-3-11(25(40)41)31-12(4-9)26(42)43/h1,3,6-7,12,14,17-24,29-31,33-39H,2,4-5,8H2,(H,40,41)(H,42,43)(H,44,45)(H,46,47)/t12-,14-,17-,18-,19-,20-,21-,22+,23+,24+,29-,30+/m1/s1. The monoisotopic (exact) mass is 728 g/mol. The first kappa shape index (κ1) is 37.8. The molecule has 4 aliphatic heterocycles. The molecule has 21 heteroatoms. The summed E-state index contributed by atoms with van der Waals surface area (Å²) in [5.74, 6) is -6.92. The van der Waals surface area contributed by atoms with E-state index in [4.69, 9.17) is 18.9 Å². The number of fused-ring (bicyclic) bond motifs is 1. The third-order valence-electron chi connectivity index (χ3n) is 9.04. The molecule has 4 heterocycles. The van der Waals surface area contributed by atoms with E-state index < -0.39 is 110 Å². The Balaban J connectivity index is 1.42. The highest BCUT2D eigenvalue weighted by molar-refractivity contribution is 5.89. The van der Waals surface area contributed by atoms with Crippen LogP contribution in [-0.2, 0) is 39.8 Å². The lowest BCUT2D eigenvalue weighted by Gasteiger charge is -2.45. The maximum absolute atomic E-state index is 12.2. The van der Waals surface area contributed by atoms with Crippen LogP contribution in [0.3, 0.4) is 0 Å². The molecular weight excluding hydrogens is 692 g/mol. The van der Waals surface area contributed by atoms with Gasteiger partial charge in [0.05, 0.1) is 6.61 Å². The van der Waals surface area contributed by atoms with Gasteiger partial charge in [0.1, 0.15) is 72.6 Å². The number of benzene rings is 1. The number of aromatic hydroxyl groups is 1. The third kappa shape index (κ3) is 7.62. The molecule has 21 nitrogen and oxygen atoms in total. The lowest BCUT2D eigenvalue weighted by molar-refractivity contribution is -0.840. The van der Waals surface area contributed by atoms with E-state index in [2.05, 4.69) is 5.32 Å². The Bertz CT molecular complexity index is 1600. The third-order valence-corrected chi connectivity index (χ3v) is 9.04. The average Bonchev–Trinajstić information content (AvgIpc) is 3.43. The molecule has 0 radical (unpaired) electrons. The van der Waals surface area contributed by atoms with Gasteiger partial charge in [-0.2, -0.15) is 0 Å². The van der Waals surface area contributed by atoms with Gasteiger partial charge in [-0.15, -0.1) is 0 Å². The van der Waals surface area contributed by atoms with Crippen LogP contribution in [0.2, 0.25) is 0 Å². The number of nitrogens with one attached hydrogen (secondary N) is 2. The van der Waals surface area contributed by atoms with E-state index in [1.54, 1.807) is 0 Å². The van der Waals surface area contributed by atoms with E-state index in [0.29, 0.717) is 11.1 Å². The lowest BCUT2D eigenvalue weighted by Crippen LogP contribution is -3.11. The number of carboxylic acids is 4. The summed E-state index contributed by atoms with van der Waals surface area (Å²) >= 11 is 0. The number of carbonyl (C=O) groups excluding carboxylic acids is 1. The van der Waals surface area contributed by atoms with Gasteiger partial charge in [0.25, 0.3) is 0 Å². The summed E-state index contributed by atoms with van der Waals surface area (Å²) in [5, 5.41) is 115. The second-order valence-corrected chi connectivity index (χ2v) is 12.3. The number of aliphatic carboxylic acids is 4. The van der Waals surface area contributed by atoms with Crippen LogP contribution in [0.15, 0.2) is 35.6 Å². The van der Waals surface area contributed by atoms with E-state index in [0.717, 1.165) is 6.07 Å². The lowest BCUT2D eigenvalue weighted by atomic mass is 9.97. The number of quaternary nitrogens is 1. The van der Waals surface area contributed by atoms with Crippen molar-refractivity contribution in [1.82, 2.24) is 5.32 Å². The Morgan fingerprint density at radius 3 is 2.24 bits per heavy atom. The van der Waals surface area contributed by atoms with Gasteiger partial charge in [-0.1, -0.05) is 0 Å². The molecule has 1 aromatic rings. The predicted octanol–water partition coefficient (Wildman–Crippen LogP) is -6.98. The van der Waals surface area contributed by atoms with Gasteiger partial charge in [0, 0.05) is 24.5 Å². The maximum Gasteiger partial charge on any atom is 0.351 e. The van der Waals surface area contributed by atoms with Crippen molar-refractivity contribution in [2.45, 2.75) is 86.3 Å². The molecule has 0 spiro atoms. The van der Waals surface area contributed by atoms with Crippen molar-refractivity contribution in [3.05, 3.63) is 41.1 Å². The number of ether oxygens (including phenoxy) is 4. The van der Waals surface area contributed by atoms with Gasteiger partial charge in [0.2, 0.25) is 6.29 Å². The molecule has 13 atom stereocenters.